The molecule has 1 aromatic carbocycles. The molecule has 0 saturated carbocycles. The largest absolute Gasteiger partial charge is 0.494 e. The fourth-order valence-corrected chi connectivity index (χ4v) is 3.03. The maximum Gasteiger partial charge on any atom is 0.165 e. The molecule has 2 N–H and O–H groups in total. The van der Waals surface area contributed by atoms with Crippen LogP contribution in [0.15, 0.2) is 18.2 Å². The summed E-state index contributed by atoms with van der Waals surface area (Å²) in [5.41, 5.74) is 6.73. The summed E-state index contributed by atoms with van der Waals surface area (Å²) in [6.45, 7) is 6.10. The molecule has 0 radical (unpaired) electrons. The standard InChI is InChI=1S/C15H22FNO2/c1-10(2)12(7-17)15(8-19-9-15)11-4-5-14(18-3)13(16)6-11/h4-6,10,12H,7-9,17H2,1-3H3. The molecular weight excluding hydrogens is 245 g/mol. The molecule has 19 heavy (non-hydrogen) atoms. The van der Waals surface area contributed by atoms with E-state index in [-0.39, 0.29) is 22.9 Å². The molecule has 4 heteroatoms. The van der Waals surface area contributed by atoms with E-state index in [2.05, 4.69) is 13.8 Å². The number of nitrogens with two attached hydrogens (primary N) is 1. The lowest BCUT2D eigenvalue weighted by Crippen LogP contribution is -2.56. The van der Waals surface area contributed by atoms with Gasteiger partial charge in [0.15, 0.2) is 11.6 Å². The molecule has 1 atom stereocenters. The van der Waals surface area contributed by atoms with Gasteiger partial charge in [0.25, 0.3) is 0 Å². The van der Waals surface area contributed by atoms with Gasteiger partial charge in [-0.1, -0.05) is 19.9 Å². The molecule has 1 fully saturated rings. The Balaban J connectivity index is 2.38. The molecule has 2 rings (SSSR count). The van der Waals surface area contributed by atoms with Gasteiger partial charge in [0, 0.05) is 5.41 Å². The Morgan fingerprint density at radius 1 is 1.42 bits per heavy atom. The monoisotopic (exact) mass is 267 g/mol. The van der Waals surface area contributed by atoms with Crippen LogP contribution in [0.4, 0.5) is 4.39 Å². The highest BCUT2D eigenvalue weighted by molar-refractivity contribution is 5.36. The van der Waals surface area contributed by atoms with Gasteiger partial charge in [0.2, 0.25) is 0 Å². The van der Waals surface area contributed by atoms with Crippen LogP contribution in [-0.2, 0) is 10.2 Å². The Bertz CT molecular complexity index is 444. The third-order valence-corrected chi connectivity index (χ3v) is 4.21. The smallest absolute Gasteiger partial charge is 0.165 e. The van der Waals surface area contributed by atoms with Gasteiger partial charge in [-0.25, -0.2) is 4.39 Å². The molecule has 1 saturated heterocycles. The van der Waals surface area contributed by atoms with Crippen LogP contribution >= 0.6 is 0 Å². The Morgan fingerprint density at radius 3 is 2.47 bits per heavy atom. The van der Waals surface area contributed by atoms with Gasteiger partial charge in [0.05, 0.1) is 20.3 Å². The van der Waals surface area contributed by atoms with E-state index in [0.717, 1.165) is 5.56 Å². The molecule has 0 bridgehead atoms. The zero-order valence-corrected chi connectivity index (χ0v) is 11.8. The second-order valence-corrected chi connectivity index (χ2v) is 5.58. The number of ether oxygens (including phenoxy) is 2. The Morgan fingerprint density at radius 2 is 2.11 bits per heavy atom. The Kier molecular flexibility index (Phi) is 4.11. The van der Waals surface area contributed by atoms with E-state index >= 15 is 0 Å². The second-order valence-electron chi connectivity index (χ2n) is 5.58. The van der Waals surface area contributed by atoms with Crippen LogP contribution < -0.4 is 10.5 Å². The summed E-state index contributed by atoms with van der Waals surface area (Å²) in [5.74, 6) is 0.659. The summed E-state index contributed by atoms with van der Waals surface area (Å²) < 4.78 is 24.3. The van der Waals surface area contributed by atoms with Crippen LogP contribution in [0.1, 0.15) is 19.4 Å². The summed E-state index contributed by atoms with van der Waals surface area (Å²) in [6, 6.07) is 5.17. The first-order valence-corrected chi connectivity index (χ1v) is 6.67. The number of rotatable bonds is 5. The molecule has 1 aromatic rings. The van der Waals surface area contributed by atoms with Crippen molar-refractivity contribution >= 4 is 0 Å². The predicted molar refractivity (Wildman–Crippen MR) is 72.8 cm³/mol. The zero-order chi connectivity index (χ0) is 14.0. The normalized spacial score (nSPS) is 19.1. The maximum atomic E-state index is 13.9. The molecule has 1 unspecified atom stereocenters. The first kappa shape index (κ1) is 14.3. The predicted octanol–water partition coefficient (Wildman–Crippen LogP) is 2.33. The van der Waals surface area contributed by atoms with E-state index in [4.69, 9.17) is 15.2 Å². The van der Waals surface area contributed by atoms with E-state index in [1.807, 2.05) is 6.07 Å². The number of hydrogen-bond acceptors (Lipinski definition) is 3. The summed E-state index contributed by atoms with van der Waals surface area (Å²) in [7, 11) is 1.47. The minimum absolute atomic E-state index is 0.157. The average Bonchev–Trinajstić information content (AvgIpc) is 2.32. The summed E-state index contributed by atoms with van der Waals surface area (Å²) in [4.78, 5) is 0. The molecular formula is C15H22FNO2. The van der Waals surface area contributed by atoms with E-state index in [0.29, 0.717) is 25.7 Å². The van der Waals surface area contributed by atoms with Crippen molar-refractivity contribution in [1.82, 2.24) is 0 Å². The van der Waals surface area contributed by atoms with Crippen LogP contribution in [0.25, 0.3) is 0 Å². The van der Waals surface area contributed by atoms with Gasteiger partial charge in [-0.2, -0.15) is 0 Å². The van der Waals surface area contributed by atoms with Gasteiger partial charge in [-0.3, -0.25) is 0 Å². The lowest BCUT2D eigenvalue weighted by atomic mass is 9.64. The number of benzene rings is 1. The van der Waals surface area contributed by atoms with Crippen LogP contribution in [0.3, 0.4) is 0 Å². The topological polar surface area (TPSA) is 44.5 Å². The highest BCUT2D eigenvalue weighted by Gasteiger charge is 2.47. The van der Waals surface area contributed by atoms with Crippen molar-refractivity contribution < 1.29 is 13.9 Å². The van der Waals surface area contributed by atoms with Crippen molar-refractivity contribution in [2.75, 3.05) is 26.9 Å². The third kappa shape index (κ3) is 2.35. The van der Waals surface area contributed by atoms with E-state index in [9.17, 15) is 4.39 Å². The number of hydrogen-bond donors (Lipinski definition) is 1. The highest BCUT2D eigenvalue weighted by Crippen LogP contribution is 2.43. The quantitative estimate of drug-likeness (QED) is 0.890. The van der Waals surface area contributed by atoms with Gasteiger partial charge in [0.1, 0.15) is 0 Å². The zero-order valence-electron chi connectivity index (χ0n) is 11.8. The van der Waals surface area contributed by atoms with Gasteiger partial charge < -0.3 is 15.2 Å². The Hall–Kier alpha value is -1.13. The second kappa shape index (κ2) is 5.47. The lowest BCUT2D eigenvalue weighted by molar-refractivity contribution is -0.0983. The fraction of sp³-hybridized carbons (Fsp3) is 0.600. The lowest BCUT2D eigenvalue weighted by Gasteiger charge is -2.49. The van der Waals surface area contributed by atoms with Crippen LogP contribution in [0.5, 0.6) is 5.75 Å². The fourth-order valence-electron chi connectivity index (χ4n) is 3.03. The molecule has 106 valence electrons. The highest BCUT2D eigenvalue weighted by atomic mass is 19.1. The van der Waals surface area contributed by atoms with Crippen LogP contribution in [-0.4, -0.2) is 26.9 Å². The number of methoxy groups -OCH3 is 1. The third-order valence-electron chi connectivity index (χ3n) is 4.21. The first-order valence-electron chi connectivity index (χ1n) is 6.67. The van der Waals surface area contributed by atoms with Crippen LogP contribution in [0.2, 0.25) is 0 Å². The molecule has 0 amide bonds. The van der Waals surface area contributed by atoms with E-state index < -0.39 is 0 Å². The minimum Gasteiger partial charge on any atom is -0.494 e. The molecule has 1 aliphatic heterocycles. The van der Waals surface area contributed by atoms with Crippen molar-refractivity contribution in [3.8, 4) is 5.75 Å². The molecule has 3 nitrogen and oxygen atoms in total. The first-order chi connectivity index (χ1) is 9.05. The van der Waals surface area contributed by atoms with Crippen molar-refractivity contribution in [3.05, 3.63) is 29.6 Å². The average molecular weight is 267 g/mol. The SMILES string of the molecule is COc1ccc(C2(C(CN)C(C)C)COC2)cc1F. The van der Waals surface area contributed by atoms with Crippen molar-refractivity contribution in [3.63, 3.8) is 0 Å². The molecule has 1 aliphatic rings. The van der Waals surface area contributed by atoms with Gasteiger partial charge in [-0.15, -0.1) is 0 Å². The molecule has 0 aliphatic carbocycles. The van der Waals surface area contributed by atoms with E-state index in [1.54, 1.807) is 12.1 Å². The number of halogens is 1. The summed E-state index contributed by atoms with van der Waals surface area (Å²) in [6.07, 6.45) is 0. The minimum atomic E-state index is -0.328. The van der Waals surface area contributed by atoms with Crippen molar-refractivity contribution in [2.24, 2.45) is 17.6 Å². The van der Waals surface area contributed by atoms with Gasteiger partial charge in [-0.05, 0) is 36.1 Å². The van der Waals surface area contributed by atoms with Crippen molar-refractivity contribution in [1.29, 1.82) is 0 Å². The van der Waals surface area contributed by atoms with E-state index in [1.165, 1.54) is 7.11 Å². The summed E-state index contributed by atoms with van der Waals surface area (Å²) in [5, 5.41) is 0. The van der Waals surface area contributed by atoms with Gasteiger partial charge >= 0.3 is 0 Å². The maximum absolute atomic E-state index is 13.9. The summed E-state index contributed by atoms with van der Waals surface area (Å²) >= 11 is 0. The molecule has 0 aromatic heterocycles. The van der Waals surface area contributed by atoms with Crippen molar-refractivity contribution in [2.45, 2.75) is 19.3 Å². The Labute approximate surface area is 113 Å². The molecule has 1 heterocycles. The van der Waals surface area contributed by atoms with Crippen LogP contribution in [0, 0.1) is 17.7 Å². The molecule has 0 spiro atoms.